The minimum atomic E-state index is -0.942. The van der Waals surface area contributed by atoms with Crippen LogP contribution in [0.1, 0.15) is 37.3 Å². The van der Waals surface area contributed by atoms with Gasteiger partial charge in [0.05, 0.1) is 0 Å². The third kappa shape index (κ3) is 2.26. The third-order valence-corrected chi connectivity index (χ3v) is 3.98. The molecule has 1 aliphatic rings. The zero-order valence-corrected chi connectivity index (χ0v) is 11.0. The van der Waals surface area contributed by atoms with Crippen LogP contribution in [0, 0.1) is 0 Å². The molecular formula is C13H17N5O2. The van der Waals surface area contributed by atoms with Crippen LogP contribution in [0.2, 0.25) is 0 Å². The number of aromatic nitrogens is 3. The van der Waals surface area contributed by atoms with Crippen LogP contribution in [0.5, 0.6) is 0 Å². The van der Waals surface area contributed by atoms with Crippen LogP contribution in [0.25, 0.3) is 5.52 Å². The van der Waals surface area contributed by atoms with E-state index in [-0.39, 0.29) is 6.04 Å². The summed E-state index contributed by atoms with van der Waals surface area (Å²) in [6.07, 6.45) is 4.11. The fraction of sp³-hybridized carbons (Fsp3) is 0.462. The van der Waals surface area contributed by atoms with Gasteiger partial charge in [-0.05, 0) is 37.8 Å². The SMILES string of the molecule is Nc1ncnn2c(C3CCC(NC(=O)O)CC3)ccc12. The van der Waals surface area contributed by atoms with Crippen molar-refractivity contribution in [1.29, 1.82) is 0 Å². The molecule has 7 heteroatoms. The molecule has 0 spiro atoms. The maximum atomic E-state index is 10.6. The summed E-state index contributed by atoms with van der Waals surface area (Å²) in [7, 11) is 0. The number of anilines is 1. The molecule has 1 fully saturated rings. The van der Waals surface area contributed by atoms with E-state index in [1.54, 1.807) is 0 Å². The van der Waals surface area contributed by atoms with E-state index in [0.717, 1.165) is 36.9 Å². The minimum absolute atomic E-state index is 0.0645. The van der Waals surface area contributed by atoms with Crippen LogP contribution in [-0.4, -0.2) is 31.8 Å². The van der Waals surface area contributed by atoms with Gasteiger partial charge in [-0.1, -0.05) is 0 Å². The molecule has 0 radical (unpaired) electrons. The van der Waals surface area contributed by atoms with Gasteiger partial charge in [-0.3, -0.25) is 0 Å². The maximum Gasteiger partial charge on any atom is 0.404 e. The van der Waals surface area contributed by atoms with Crippen molar-refractivity contribution in [2.45, 2.75) is 37.6 Å². The van der Waals surface area contributed by atoms with Crippen LogP contribution < -0.4 is 11.1 Å². The van der Waals surface area contributed by atoms with E-state index in [4.69, 9.17) is 10.8 Å². The number of hydrogen-bond acceptors (Lipinski definition) is 4. The number of hydrogen-bond donors (Lipinski definition) is 3. The molecule has 3 rings (SSSR count). The Hall–Kier alpha value is -2.31. The first-order valence-corrected chi connectivity index (χ1v) is 6.72. The highest BCUT2D eigenvalue weighted by molar-refractivity contribution is 5.65. The number of nitrogens with two attached hydrogens (primary N) is 1. The van der Waals surface area contributed by atoms with E-state index in [1.165, 1.54) is 6.33 Å². The van der Waals surface area contributed by atoms with E-state index < -0.39 is 6.09 Å². The van der Waals surface area contributed by atoms with Crippen LogP contribution in [0.15, 0.2) is 18.5 Å². The van der Waals surface area contributed by atoms with Gasteiger partial charge in [-0.25, -0.2) is 14.3 Å². The minimum Gasteiger partial charge on any atom is -0.465 e. The predicted molar refractivity (Wildman–Crippen MR) is 73.6 cm³/mol. The van der Waals surface area contributed by atoms with Crippen molar-refractivity contribution in [2.75, 3.05) is 5.73 Å². The molecule has 0 aliphatic heterocycles. The number of nitrogen functional groups attached to an aromatic ring is 1. The highest BCUT2D eigenvalue weighted by Gasteiger charge is 2.25. The molecule has 1 amide bonds. The molecule has 2 heterocycles. The molecule has 2 aromatic rings. The zero-order chi connectivity index (χ0) is 14.1. The molecule has 0 aromatic carbocycles. The van der Waals surface area contributed by atoms with Gasteiger partial charge in [0.25, 0.3) is 0 Å². The monoisotopic (exact) mass is 275 g/mol. The molecule has 0 atom stereocenters. The van der Waals surface area contributed by atoms with Gasteiger partial charge in [0.2, 0.25) is 0 Å². The highest BCUT2D eigenvalue weighted by atomic mass is 16.4. The second-order valence-electron chi connectivity index (χ2n) is 5.20. The molecule has 0 bridgehead atoms. The van der Waals surface area contributed by atoms with Gasteiger partial charge < -0.3 is 16.2 Å². The standard InChI is InChI=1S/C13H17N5O2/c14-12-11-6-5-10(18(11)16-7-15-12)8-1-3-9(4-2-8)17-13(19)20/h5-9,17H,1-4H2,(H,19,20)(H2,14,15,16). The summed E-state index contributed by atoms with van der Waals surface area (Å²) >= 11 is 0. The largest absolute Gasteiger partial charge is 0.465 e. The van der Waals surface area contributed by atoms with Gasteiger partial charge in [0, 0.05) is 17.7 Å². The summed E-state index contributed by atoms with van der Waals surface area (Å²) in [5, 5.41) is 15.6. The number of nitrogens with one attached hydrogen (secondary N) is 1. The molecule has 0 unspecified atom stereocenters. The number of rotatable bonds is 2. The summed E-state index contributed by atoms with van der Waals surface area (Å²) in [6.45, 7) is 0. The average Bonchev–Trinajstić information content (AvgIpc) is 2.84. The molecular weight excluding hydrogens is 258 g/mol. The lowest BCUT2D eigenvalue weighted by Crippen LogP contribution is -2.36. The second kappa shape index (κ2) is 4.99. The topological polar surface area (TPSA) is 106 Å². The number of fused-ring (bicyclic) bond motifs is 1. The average molecular weight is 275 g/mol. The summed E-state index contributed by atoms with van der Waals surface area (Å²) in [5.41, 5.74) is 7.78. The van der Waals surface area contributed by atoms with E-state index in [0.29, 0.717) is 11.7 Å². The van der Waals surface area contributed by atoms with Crippen LogP contribution in [0.3, 0.4) is 0 Å². The maximum absolute atomic E-state index is 10.6. The Morgan fingerprint density at radius 2 is 2.10 bits per heavy atom. The van der Waals surface area contributed by atoms with Crippen molar-refractivity contribution < 1.29 is 9.90 Å². The third-order valence-electron chi connectivity index (χ3n) is 3.98. The van der Waals surface area contributed by atoms with E-state index in [2.05, 4.69) is 15.4 Å². The molecule has 1 saturated carbocycles. The molecule has 2 aromatic heterocycles. The Labute approximate surface area is 115 Å². The summed E-state index contributed by atoms with van der Waals surface area (Å²) in [6, 6.07) is 4.04. The predicted octanol–water partition coefficient (Wildman–Crippen LogP) is 1.61. The van der Waals surface area contributed by atoms with Crippen molar-refractivity contribution in [2.24, 2.45) is 0 Å². The van der Waals surface area contributed by atoms with Gasteiger partial charge in [-0.2, -0.15) is 5.10 Å². The highest BCUT2D eigenvalue weighted by Crippen LogP contribution is 2.33. The number of carboxylic acid groups (broad SMARTS) is 1. The number of amides is 1. The Bertz CT molecular complexity index is 631. The molecule has 0 saturated heterocycles. The van der Waals surface area contributed by atoms with Crippen LogP contribution >= 0.6 is 0 Å². The summed E-state index contributed by atoms with van der Waals surface area (Å²) < 4.78 is 1.85. The first-order valence-electron chi connectivity index (χ1n) is 6.72. The Morgan fingerprint density at radius 3 is 2.80 bits per heavy atom. The van der Waals surface area contributed by atoms with Crippen molar-refractivity contribution >= 4 is 17.4 Å². The van der Waals surface area contributed by atoms with Crippen LogP contribution in [0.4, 0.5) is 10.6 Å². The fourth-order valence-corrected chi connectivity index (χ4v) is 2.99. The normalized spacial score (nSPS) is 22.8. The summed E-state index contributed by atoms with van der Waals surface area (Å²) in [5.74, 6) is 0.867. The van der Waals surface area contributed by atoms with Crippen molar-refractivity contribution in [3.8, 4) is 0 Å². The van der Waals surface area contributed by atoms with Gasteiger partial charge in [0.1, 0.15) is 11.8 Å². The van der Waals surface area contributed by atoms with Crippen molar-refractivity contribution in [3.05, 3.63) is 24.2 Å². The van der Waals surface area contributed by atoms with Crippen LogP contribution in [-0.2, 0) is 0 Å². The van der Waals surface area contributed by atoms with Crippen molar-refractivity contribution in [3.63, 3.8) is 0 Å². The van der Waals surface area contributed by atoms with E-state index >= 15 is 0 Å². The lowest BCUT2D eigenvalue weighted by molar-refractivity contribution is 0.184. The first-order chi connectivity index (χ1) is 9.65. The van der Waals surface area contributed by atoms with Gasteiger partial charge in [0.15, 0.2) is 5.82 Å². The Morgan fingerprint density at radius 1 is 1.35 bits per heavy atom. The lowest BCUT2D eigenvalue weighted by atomic mass is 9.84. The fourth-order valence-electron chi connectivity index (χ4n) is 2.99. The lowest BCUT2D eigenvalue weighted by Gasteiger charge is -2.28. The Balaban J connectivity index is 1.77. The molecule has 106 valence electrons. The quantitative estimate of drug-likeness (QED) is 0.772. The van der Waals surface area contributed by atoms with Gasteiger partial charge >= 0.3 is 6.09 Å². The number of nitrogens with zero attached hydrogens (tertiary/aromatic N) is 3. The van der Waals surface area contributed by atoms with Crippen molar-refractivity contribution in [1.82, 2.24) is 19.9 Å². The second-order valence-corrected chi connectivity index (χ2v) is 5.20. The first kappa shape index (κ1) is 12.7. The zero-order valence-electron chi connectivity index (χ0n) is 11.0. The molecule has 7 nitrogen and oxygen atoms in total. The Kier molecular flexibility index (Phi) is 3.17. The molecule has 4 N–H and O–H groups in total. The summed E-state index contributed by atoms with van der Waals surface area (Å²) in [4.78, 5) is 14.6. The van der Waals surface area contributed by atoms with Gasteiger partial charge in [-0.15, -0.1) is 0 Å². The molecule has 20 heavy (non-hydrogen) atoms. The van der Waals surface area contributed by atoms with E-state index in [1.807, 2.05) is 16.6 Å². The smallest absolute Gasteiger partial charge is 0.404 e. The van der Waals surface area contributed by atoms with E-state index in [9.17, 15) is 4.79 Å². The molecule has 1 aliphatic carbocycles. The number of carbonyl (C=O) groups is 1.